The Labute approximate surface area is 167 Å². The van der Waals surface area contributed by atoms with E-state index in [9.17, 15) is 20.1 Å². The Kier molecular flexibility index (Phi) is 4.02. The minimum atomic E-state index is -1.72. The quantitative estimate of drug-likeness (QED) is 0.332. The third kappa shape index (κ3) is 2.32. The molecule has 3 aliphatic carbocycles. The van der Waals surface area contributed by atoms with Crippen molar-refractivity contribution >= 4 is 21.7 Å². The Morgan fingerprint density at radius 1 is 1.26 bits per heavy atom. The molecule has 148 valence electrons. The van der Waals surface area contributed by atoms with Gasteiger partial charge in [0.15, 0.2) is 5.78 Å². The zero-order chi connectivity index (χ0) is 20.0. The molecule has 7 heteroatoms. The van der Waals surface area contributed by atoms with E-state index in [1.807, 2.05) is 26.8 Å². The maximum atomic E-state index is 12.8. The first-order valence-corrected chi connectivity index (χ1v) is 10.3. The van der Waals surface area contributed by atoms with Gasteiger partial charge in [-0.3, -0.25) is 4.79 Å². The summed E-state index contributed by atoms with van der Waals surface area (Å²) in [5.74, 6) is -1.91. The predicted octanol–water partition coefficient (Wildman–Crippen LogP) is 2.52. The highest BCUT2D eigenvalue weighted by atomic mass is 79.9. The van der Waals surface area contributed by atoms with Crippen molar-refractivity contribution in [1.29, 1.82) is 0 Å². The lowest BCUT2D eigenvalue weighted by Gasteiger charge is -2.56. The van der Waals surface area contributed by atoms with Crippen molar-refractivity contribution < 1.29 is 20.1 Å². The van der Waals surface area contributed by atoms with Crippen molar-refractivity contribution in [3.63, 3.8) is 0 Å². The van der Waals surface area contributed by atoms with Crippen LogP contribution < -0.4 is 0 Å². The molecule has 7 atom stereocenters. The number of nitrogens with zero attached hydrogens (tertiary/aromatic N) is 2. The van der Waals surface area contributed by atoms with Crippen molar-refractivity contribution in [3.8, 4) is 0 Å². The molecule has 0 spiro atoms. The van der Waals surface area contributed by atoms with E-state index < -0.39 is 33.0 Å². The number of halogens is 1. The molecule has 6 nitrogen and oxygen atoms in total. The second-order valence-corrected chi connectivity index (χ2v) is 10.8. The molecule has 3 N–H and O–H groups in total. The molecule has 1 fully saturated rings. The number of hydrogen-bond acceptors (Lipinski definition) is 6. The molecule has 27 heavy (non-hydrogen) atoms. The molecule has 0 amide bonds. The maximum Gasteiger partial charge on any atom is 0.190 e. The van der Waals surface area contributed by atoms with Crippen LogP contribution in [0, 0.1) is 23.7 Å². The van der Waals surface area contributed by atoms with Gasteiger partial charge >= 0.3 is 0 Å². The number of hydrogen-bond donors (Lipinski definition) is 3. The number of alkyl halides is 1. The van der Waals surface area contributed by atoms with Crippen LogP contribution in [-0.2, 0) is 4.79 Å². The zero-order valence-corrected chi connectivity index (χ0v) is 17.7. The molecule has 4 aliphatic rings. The van der Waals surface area contributed by atoms with E-state index in [1.165, 1.54) is 0 Å². The summed E-state index contributed by atoms with van der Waals surface area (Å²) >= 11 is 3.79. The largest absolute Gasteiger partial charge is 0.392 e. The van der Waals surface area contributed by atoms with Crippen LogP contribution in [0.1, 0.15) is 40.5 Å². The van der Waals surface area contributed by atoms with E-state index in [0.29, 0.717) is 17.6 Å². The van der Waals surface area contributed by atoms with Crippen LogP contribution in [0.15, 0.2) is 33.5 Å². The molecule has 0 saturated heterocycles. The molecule has 0 aromatic heterocycles. The molecule has 4 rings (SSSR count). The zero-order valence-electron chi connectivity index (χ0n) is 16.1. The smallest absolute Gasteiger partial charge is 0.190 e. The van der Waals surface area contributed by atoms with E-state index in [-0.39, 0.29) is 30.6 Å². The van der Waals surface area contributed by atoms with Gasteiger partial charge in [0, 0.05) is 24.2 Å². The number of aliphatic hydroxyl groups excluding tert-OH is 1. The maximum absolute atomic E-state index is 12.8. The van der Waals surface area contributed by atoms with Crippen LogP contribution >= 0.6 is 15.9 Å². The van der Waals surface area contributed by atoms with E-state index in [1.54, 1.807) is 13.0 Å². The van der Waals surface area contributed by atoms with Crippen molar-refractivity contribution in [1.82, 2.24) is 0 Å². The number of carbonyl (C=O) groups is 1. The van der Waals surface area contributed by atoms with Crippen molar-refractivity contribution in [2.75, 3.05) is 6.61 Å². The average molecular weight is 439 g/mol. The Morgan fingerprint density at radius 3 is 2.56 bits per heavy atom. The van der Waals surface area contributed by atoms with Gasteiger partial charge in [0.25, 0.3) is 0 Å². The Morgan fingerprint density at radius 2 is 1.93 bits per heavy atom. The highest BCUT2D eigenvalue weighted by Crippen LogP contribution is 2.64. The molecule has 0 aromatic rings. The normalized spacial score (nSPS) is 50.4. The second kappa shape index (κ2) is 5.59. The summed E-state index contributed by atoms with van der Waals surface area (Å²) in [6, 6.07) is 0. The summed E-state index contributed by atoms with van der Waals surface area (Å²) in [6.07, 6.45) is 4.19. The lowest BCUT2D eigenvalue weighted by molar-refractivity contribution is -0.180. The number of aliphatic hydroxyl groups is 3. The highest BCUT2D eigenvalue weighted by molar-refractivity contribution is 9.10. The van der Waals surface area contributed by atoms with Gasteiger partial charge in [-0.25, -0.2) is 0 Å². The van der Waals surface area contributed by atoms with Gasteiger partial charge in [0.1, 0.15) is 10.0 Å². The number of ketones is 1. The number of carbonyl (C=O) groups excluding carboxylic acids is 1. The van der Waals surface area contributed by atoms with Crippen molar-refractivity contribution in [2.24, 2.45) is 33.9 Å². The second-order valence-electron chi connectivity index (χ2n) is 9.41. The number of azo groups is 1. The summed E-state index contributed by atoms with van der Waals surface area (Å²) in [6.45, 7) is 7.34. The predicted molar refractivity (Wildman–Crippen MR) is 103 cm³/mol. The van der Waals surface area contributed by atoms with Crippen LogP contribution in [0.2, 0.25) is 0 Å². The molecule has 0 aromatic carbocycles. The standard InChI is InChI=1S/C20H27BrN2O4/c1-10-5-14-18(26,16(10)25)8-12(9-24)6-13-15-17(3,4)22-23-19(15,21)7-11(2)20(13,14)27/h5-6,11,13-15,24,26-27H,7-9H2,1-4H3/t11-,13+,14-,15-,18-,19-,20-/m1/s1. The first-order chi connectivity index (χ1) is 12.4. The van der Waals surface area contributed by atoms with Crippen LogP contribution in [-0.4, -0.2) is 48.9 Å². The molecular formula is C20H27BrN2O4. The van der Waals surface area contributed by atoms with Gasteiger partial charge in [-0.2, -0.15) is 10.2 Å². The number of Topliss-reactive ketones (excluding diaryl/α,β-unsaturated/α-hetero) is 1. The lowest BCUT2D eigenvalue weighted by Crippen LogP contribution is -2.65. The van der Waals surface area contributed by atoms with Gasteiger partial charge in [0.05, 0.1) is 17.7 Å². The summed E-state index contributed by atoms with van der Waals surface area (Å²) in [4.78, 5) is 12.8. The van der Waals surface area contributed by atoms with Crippen molar-refractivity contribution in [2.45, 2.75) is 61.7 Å². The van der Waals surface area contributed by atoms with Crippen LogP contribution in [0.4, 0.5) is 0 Å². The topological polar surface area (TPSA) is 102 Å². The lowest BCUT2D eigenvalue weighted by atomic mass is 9.53. The molecule has 0 unspecified atom stereocenters. The van der Waals surface area contributed by atoms with E-state index in [2.05, 4.69) is 26.2 Å². The first kappa shape index (κ1) is 19.4. The van der Waals surface area contributed by atoms with Gasteiger partial charge in [0.2, 0.25) is 0 Å². The molecule has 0 bridgehead atoms. The van der Waals surface area contributed by atoms with E-state index in [0.717, 1.165) is 0 Å². The fraction of sp³-hybridized carbons (Fsp3) is 0.750. The first-order valence-electron chi connectivity index (χ1n) is 9.51. The Bertz CT molecular complexity index is 806. The van der Waals surface area contributed by atoms with Crippen LogP contribution in [0.25, 0.3) is 0 Å². The number of fused-ring (bicyclic) bond motifs is 5. The van der Waals surface area contributed by atoms with Crippen LogP contribution in [0.5, 0.6) is 0 Å². The molecular weight excluding hydrogens is 412 g/mol. The Hall–Kier alpha value is -0.890. The molecule has 0 radical (unpaired) electrons. The van der Waals surface area contributed by atoms with Gasteiger partial charge < -0.3 is 15.3 Å². The van der Waals surface area contributed by atoms with Crippen molar-refractivity contribution in [3.05, 3.63) is 23.3 Å². The van der Waals surface area contributed by atoms with Gasteiger partial charge in [-0.05, 0) is 44.3 Å². The third-order valence-electron chi connectivity index (χ3n) is 7.28. The summed E-state index contributed by atoms with van der Waals surface area (Å²) in [5.41, 5.74) is -2.54. The average Bonchev–Trinajstić information content (AvgIpc) is 2.91. The minimum absolute atomic E-state index is 0.0308. The molecule has 1 saturated carbocycles. The number of rotatable bonds is 1. The third-order valence-corrected chi connectivity index (χ3v) is 8.26. The van der Waals surface area contributed by atoms with E-state index >= 15 is 0 Å². The summed E-state index contributed by atoms with van der Waals surface area (Å²) < 4.78 is -0.603. The van der Waals surface area contributed by atoms with E-state index in [4.69, 9.17) is 0 Å². The fourth-order valence-electron chi connectivity index (χ4n) is 6.11. The monoisotopic (exact) mass is 438 g/mol. The SMILES string of the molecule is CC1=C[C@H]2[C@@]3(O)[C@H](C)C[C@@]4(Br)N=NC(C)(C)[C@H]4[C@@H]3C=C(CO)C[C@]2(O)C1=O. The summed E-state index contributed by atoms with van der Waals surface area (Å²) in [5, 5.41) is 42.5. The van der Waals surface area contributed by atoms with Crippen LogP contribution in [0.3, 0.4) is 0 Å². The van der Waals surface area contributed by atoms with Gasteiger partial charge in [-0.1, -0.05) is 35.0 Å². The molecule has 1 aliphatic heterocycles. The minimum Gasteiger partial charge on any atom is -0.392 e. The highest BCUT2D eigenvalue weighted by Gasteiger charge is 2.70. The van der Waals surface area contributed by atoms with Gasteiger partial charge in [-0.15, -0.1) is 0 Å². The Balaban J connectivity index is 1.96. The fourth-order valence-corrected chi connectivity index (χ4v) is 7.52. The summed E-state index contributed by atoms with van der Waals surface area (Å²) in [7, 11) is 0. The molecule has 1 heterocycles.